The largest absolute Gasteiger partial charge is 0.384 e. The first-order valence-corrected chi connectivity index (χ1v) is 8.37. The van der Waals surface area contributed by atoms with Crippen LogP contribution in [0.2, 0.25) is 5.02 Å². The van der Waals surface area contributed by atoms with Gasteiger partial charge in [-0.3, -0.25) is 0 Å². The molecule has 1 unspecified atom stereocenters. The van der Waals surface area contributed by atoms with Crippen LogP contribution in [0.15, 0.2) is 46.9 Å². The highest BCUT2D eigenvalue weighted by atomic mass is 79.9. The Hall–Kier alpha value is -0.350. The Morgan fingerprint density at radius 1 is 1.15 bits per heavy atom. The van der Waals surface area contributed by atoms with Crippen LogP contribution in [-0.2, 0) is 11.2 Å². The van der Waals surface area contributed by atoms with Crippen LogP contribution in [-0.4, -0.2) is 13.7 Å². The van der Waals surface area contributed by atoms with E-state index in [4.69, 9.17) is 16.3 Å². The number of hydrogen-bond donors (Lipinski definition) is 0. The molecule has 2 rings (SSSR count). The van der Waals surface area contributed by atoms with Crippen molar-refractivity contribution < 1.29 is 4.74 Å². The fourth-order valence-electron chi connectivity index (χ4n) is 1.96. The molecule has 1 atom stereocenters. The zero-order valence-corrected chi connectivity index (χ0v) is 15.0. The number of methoxy groups -OCH3 is 1. The molecule has 106 valence electrons. The highest BCUT2D eigenvalue weighted by Crippen LogP contribution is 2.36. The third-order valence-corrected chi connectivity index (χ3v) is 4.96. The normalized spacial score (nSPS) is 12.4. The lowest BCUT2D eigenvalue weighted by Gasteiger charge is -2.13. The number of ether oxygens (including phenoxy) is 1. The zero-order chi connectivity index (χ0) is 14.5. The zero-order valence-electron chi connectivity index (χ0n) is 11.1. The average Bonchev–Trinajstić information content (AvgIpc) is 2.47. The molecule has 0 amide bonds. The Labute approximate surface area is 141 Å². The van der Waals surface area contributed by atoms with E-state index in [1.165, 1.54) is 11.1 Å². The molecule has 0 radical (unpaired) electrons. The van der Waals surface area contributed by atoms with Gasteiger partial charge in [0.15, 0.2) is 0 Å². The molecular weight excluding hydrogens is 403 g/mol. The molecule has 0 bridgehead atoms. The third kappa shape index (κ3) is 4.08. The van der Waals surface area contributed by atoms with Crippen molar-refractivity contribution in [3.8, 4) is 0 Å². The fourth-order valence-corrected chi connectivity index (χ4v) is 3.38. The summed E-state index contributed by atoms with van der Waals surface area (Å²) >= 11 is 13.5. The van der Waals surface area contributed by atoms with Crippen LogP contribution in [0.1, 0.15) is 21.5 Å². The van der Waals surface area contributed by atoms with E-state index in [0.29, 0.717) is 0 Å². The highest BCUT2D eigenvalue weighted by molar-refractivity contribution is 9.10. The molecule has 0 spiro atoms. The standard InChI is InChI=1S/C16H15Br2ClO/c1-20-9-8-11-2-4-12(5-3-11)16(18)14-10-13(17)6-7-15(14)19/h2-7,10,16H,8-9H2,1H3. The first-order valence-electron chi connectivity index (χ1n) is 6.28. The SMILES string of the molecule is COCCc1ccc(C(Br)c2cc(Br)ccc2Cl)cc1. The molecule has 0 aliphatic heterocycles. The minimum Gasteiger partial charge on any atom is -0.384 e. The summed E-state index contributed by atoms with van der Waals surface area (Å²) in [5.41, 5.74) is 3.52. The summed E-state index contributed by atoms with van der Waals surface area (Å²) in [6.45, 7) is 0.745. The summed E-state index contributed by atoms with van der Waals surface area (Å²) in [7, 11) is 1.72. The lowest BCUT2D eigenvalue weighted by Crippen LogP contribution is -1.97. The Morgan fingerprint density at radius 3 is 2.50 bits per heavy atom. The predicted molar refractivity (Wildman–Crippen MR) is 91.9 cm³/mol. The summed E-state index contributed by atoms with van der Waals surface area (Å²) in [6, 6.07) is 14.4. The molecule has 0 saturated heterocycles. The van der Waals surface area contributed by atoms with Gasteiger partial charge in [0.05, 0.1) is 11.4 Å². The quantitative estimate of drug-likeness (QED) is 0.560. The van der Waals surface area contributed by atoms with E-state index in [2.05, 4.69) is 56.1 Å². The second-order valence-electron chi connectivity index (χ2n) is 4.51. The maximum absolute atomic E-state index is 6.27. The van der Waals surface area contributed by atoms with Crippen molar-refractivity contribution >= 4 is 43.5 Å². The molecule has 0 fully saturated rings. The van der Waals surface area contributed by atoms with E-state index in [1.54, 1.807) is 7.11 Å². The van der Waals surface area contributed by atoms with Gasteiger partial charge in [0.1, 0.15) is 0 Å². The highest BCUT2D eigenvalue weighted by Gasteiger charge is 2.14. The molecule has 2 aromatic carbocycles. The molecule has 1 nitrogen and oxygen atoms in total. The van der Waals surface area contributed by atoms with Crippen molar-refractivity contribution in [2.75, 3.05) is 13.7 Å². The van der Waals surface area contributed by atoms with Crippen LogP contribution in [0, 0.1) is 0 Å². The Balaban J connectivity index is 2.20. The minimum atomic E-state index is 0.0870. The van der Waals surface area contributed by atoms with Crippen LogP contribution in [0.25, 0.3) is 0 Å². The van der Waals surface area contributed by atoms with Gasteiger partial charge in [-0.2, -0.15) is 0 Å². The van der Waals surface area contributed by atoms with Crippen LogP contribution in [0.5, 0.6) is 0 Å². The third-order valence-electron chi connectivity index (χ3n) is 3.10. The summed E-state index contributed by atoms with van der Waals surface area (Å²) in [5.74, 6) is 0. The summed E-state index contributed by atoms with van der Waals surface area (Å²) in [4.78, 5) is 0.0870. The molecule has 20 heavy (non-hydrogen) atoms. The fraction of sp³-hybridized carbons (Fsp3) is 0.250. The van der Waals surface area contributed by atoms with Gasteiger partial charge in [0, 0.05) is 16.6 Å². The summed E-state index contributed by atoms with van der Waals surface area (Å²) in [5, 5.41) is 0.763. The molecule has 2 aromatic rings. The van der Waals surface area contributed by atoms with E-state index in [0.717, 1.165) is 28.1 Å². The molecule has 0 heterocycles. The summed E-state index contributed by atoms with van der Waals surface area (Å²) in [6.07, 6.45) is 0.932. The van der Waals surface area contributed by atoms with Gasteiger partial charge in [-0.1, -0.05) is 67.7 Å². The van der Waals surface area contributed by atoms with Gasteiger partial charge in [-0.15, -0.1) is 0 Å². The monoisotopic (exact) mass is 416 g/mol. The topological polar surface area (TPSA) is 9.23 Å². The van der Waals surface area contributed by atoms with Gasteiger partial charge in [0.2, 0.25) is 0 Å². The second kappa shape index (κ2) is 7.60. The lowest BCUT2D eigenvalue weighted by atomic mass is 10.0. The van der Waals surface area contributed by atoms with Crippen LogP contribution < -0.4 is 0 Å². The van der Waals surface area contributed by atoms with Crippen molar-refractivity contribution in [3.05, 3.63) is 68.7 Å². The van der Waals surface area contributed by atoms with Crippen molar-refractivity contribution in [2.45, 2.75) is 11.2 Å². The van der Waals surface area contributed by atoms with Crippen molar-refractivity contribution in [2.24, 2.45) is 0 Å². The maximum Gasteiger partial charge on any atom is 0.0659 e. The molecule has 0 N–H and O–H groups in total. The Kier molecular flexibility index (Phi) is 6.09. The van der Waals surface area contributed by atoms with Gasteiger partial charge < -0.3 is 4.74 Å². The Bertz CT molecular complexity index is 569. The molecule has 0 saturated carbocycles. The van der Waals surface area contributed by atoms with Gasteiger partial charge >= 0.3 is 0 Å². The number of benzene rings is 2. The maximum atomic E-state index is 6.27. The Morgan fingerprint density at radius 2 is 1.85 bits per heavy atom. The first-order chi connectivity index (χ1) is 9.61. The smallest absolute Gasteiger partial charge is 0.0659 e. The van der Waals surface area contributed by atoms with Crippen molar-refractivity contribution in [1.29, 1.82) is 0 Å². The van der Waals surface area contributed by atoms with Crippen LogP contribution in [0.3, 0.4) is 0 Å². The average molecular weight is 419 g/mol. The van der Waals surface area contributed by atoms with Gasteiger partial charge in [0.25, 0.3) is 0 Å². The number of rotatable bonds is 5. The molecular formula is C16H15Br2ClO. The van der Waals surface area contributed by atoms with Gasteiger partial charge in [-0.05, 0) is 41.3 Å². The number of alkyl halides is 1. The van der Waals surface area contributed by atoms with Crippen molar-refractivity contribution in [1.82, 2.24) is 0 Å². The van der Waals surface area contributed by atoms with Crippen LogP contribution in [0.4, 0.5) is 0 Å². The number of hydrogen-bond acceptors (Lipinski definition) is 1. The number of halogens is 3. The van der Waals surface area contributed by atoms with E-state index in [-0.39, 0.29) is 4.83 Å². The molecule has 0 aliphatic carbocycles. The molecule has 4 heteroatoms. The predicted octanol–water partition coefficient (Wildman–Crippen LogP) is 5.78. The van der Waals surface area contributed by atoms with E-state index >= 15 is 0 Å². The van der Waals surface area contributed by atoms with Crippen LogP contribution >= 0.6 is 43.5 Å². The second-order valence-corrected chi connectivity index (χ2v) is 6.75. The lowest BCUT2D eigenvalue weighted by molar-refractivity contribution is 0.202. The van der Waals surface area contributed by atoms with E-state index in [1.807, 2.05) is 18.2 Å². The first kappa shape index (κ1) is 16.0. The van der Waals surface area contributed by atoms with Gasteiger partial charge in [-0.25, -0.2) is 0 Å². The minimum absolute atomic E-state index is 0.0870. The van der Waals surface area contributed by atoms with E-state index < -0.39 is 0 Å². The molecule has 0 aromatic heterocycles. The molecule has 0 aliphatic rings. The van der Waals surface area contributed by atoms with E-state index in [9.17, 15) is 0 Å². The summed E-state index contributed by atoms with van der Waals surface area (Å²) < 4.78 is 6.12. The van der Waals surface area contributed by atoms with Crippen molar-refractivity contribution in [3.63, 3.8) is 0 Å².